The van der Waals surface area contributed by atoms with Crippen LogP contribution in [0.15, 0.2) is 54.7 Å². The van der Waals surface area contributed by atoms with Gasteiger partial charge in [0.05, 0.1) is 0 Å². The SMILES string of the molecule is CCc1cccc2c(C(=O)COC(=O)CNC(=O)c3ccccc3)c[nH]c12. The molecule has 0 aliphatic heterocycles. The monoisotopic (exact) mass is 364 g/mol. The zero-order valence-corrected chi connectivity index (χ0v) is 15.0. The molecule has 27 heavy (non-hydrogen) atoms. The molecule has 1 amide bonds. The van der Waals surface area contributed by atoms with Gasteiger partial charge in [0.1, 0.15) is 6.54 Å². The molecule has 1 aromatic heterocycles. The number of hydrogen-bond donors (Lipinski definition) is 2. The second-order valence-corrected chi connectivity index (χ2v) is 6.03. The predicted molar refractivity (Wildman–Crippen MR) is 102 cm³/mol. The van der Waals surface area contributed by atoms with Crippen molar-refractivity contribution < 1.29 is 19.1 Å². The maximum Gasteiger partial charge on any atom is 0.325 e. The number of hydrogen-bond acceptors (Lipinski definition) is 4. The molecule has 3 aromatic rings. The summed E-state index contributed by atoms with van der Waals surface area (Å²) < 4.78 is 5.00. The highest BCUT2D eigenvalue weighted by Gasteiger charge is 2.16. The van der Waals surface area contributed by atoms with E-state index < -0.39 is 5.97 Å². The zero-order chi connectivity index (χ0) is 19.2. The third-order valence-corrected chi connectivity index (χ3v) is 4.28. The fraction of sp³-hybridized carbons (Fsp3) is 0.190. The molecule has 0 radical (unpaired) electrons. The summed E-state index contributed by atoms with van der Waals surface area (Å²) in [6.45, 7) is 1.38. The summed E-state index contributed by atoms with van der Waals surface area (Å²) in [5, 5.41) is 3.28. The summed E-state index contributed by atoms with van der Waals surface area (Å²) in [5.41, 5.74) is 2.98. The van der Waals surface area contributed by atoms with Crippen LogP contribution in [0.2, 0.25) is 0 Å². The molecule has 0 fully saturated rings. The van der Waals surface area contributed by atoms with E-state index >= 15 is 0 Å². The van der Waals surface area contributed by atoms with E-state index in [2.05, 4.69) is 10.3 Å². The summed E-state index contributed by atoms with van der Waals surface area (Å²) in [6, 6.07) is 14.3. The molecule has 3 rings (SSSR count). The van der Waals surface area contributed by atoms with Crippen LogP contribution in [0.4, 0.5) is 0 Å². The predicted octanol–water partition coefficient (Wildman–Crippen LogP) is 2.89. The van der Waals surface area contributed by atoms with Gasteiger partial charge in [-0.25, -0.2) is 0 Å². The highest BCUT2D eigenvalue weighted by atomic mass is 16.5. The Morgan fingerprint density at radius 1 is 1.04 bits per heavy atom. The van der Waals surface area contributed by atoms with Crippen molar-refractivity contribution in [3.63, 3.8) is 0 Å². The van der Waals surface area contributed by atoms with E-state index in [1.54, 1.807) is 36.5 Å². The molecule has 2 N–H and O–H groups in total. The summed E-state index contributed by atoms with van der Waals surface area (Å²) in [6.07, 6.45) is 2.48. The first-order valence-corrected chi connectivity index (χ1v) is 8.71. The van der Waals surface area contributed by atoms with Gasteiger partial charge in [0.2, 0.25) is 5.78 Å². The normalized spacial score (nSPS) is 10.6. The summed E-state index contributed by atoms with van der Waals surface area (Å²) in [5.74, 6) is -1.33. The van der Waals surface area contributed by atoms with Gasteiger partial charge in [-0.15, -0.1) is 0 Å². The molecule has 0 saturated heterocycles. The van der Waals surface area contributed by atoms with E-state index in [1.807, 2.05) is 25.1 Å². The van der Waals surface area contributed by atoms with Gasteiger partial charge < -0.3 is 15.0 Å². The van der Waals surface area contributed by atoms with Crippen molar-refractivity contribution in [2.75, 3.05) is 13.2 Å². The van der Waals surface area contributed by atoms with Gasteiger partial charge in [0.25, 0.3) is 5.91 Å². The summed E-state index contributed by atoms with van der Waals surface area (Å²) in [7, 11) is 0. The minimum atomic E-state index is -0.665. The second-order valence-electron chi connectivity index (χ2n) is 6.03. The average molecular weight is 364 g/mol. The molecule has 0 saturated carbocycles. The van der Waals surface area contributed by atoms with Gasteiger partial charge in [0.15, 0.2) is 6.61 Å². The minimum absolute atomic E-state index is 0.294. The number of aromatic amines is 1. The molecule has 0 bridgehead atoms. The lowest BCUT2D eigenvalue weighted by molar-refractivity contribution is -0.141. The number of rotatable bonds is 7. The number of aryl methyl sites for hydroxylation is 1. The van der Waals surface area contributed by atoms with E-state index in [1.165, 1.54) is 0 Å². The molecular formula is C21H20N2O4. The Bertz CT molecular complexity index is 976. The van der Waals surface area contributed by atoms with Crippen LogP contribution in [0.5, 0.6) is 0 Å². The molecule has 0 unspecified atom stereocenters. The first kappa shape index (κ1) is 18.4. The molecule has 138 valence electrons. The fourth-order valence-corrected chi connectivity index (χ4v) is 2.86. The fourth-order valence-electron chi connectivity index (χ4n) is 2.86. The van der Waals surface area contributed by atoms with Gasteiger partial charge in [-0.2, -0.15) is 0 Å². The number of H-pyrrole nitrogens is 1. The van der Waals surface area contributed by atoms with Crippen LogP contribution < -0.4 is 5.32 Å². The number of aromatic nitrogens is 1. The number of amides is 1. The molecular weight excluding hydrogens is 344 g/mol. The Morgan fingerprint density at radius 3 is 2.56 bits per heavy atom. The maximum atomic E-state index is 12.4. The van der Waals surface area contributed by atoms with E-state index in [0.29, 0.717) is 11.1 Å². The number of benzene rings is 2. The molecule has 0 aliphatic carbocycles. The van der Waals surface area contributed by atoms with Crippen LogP contribution in [0.3, 0.4) is 0 Å². The lowest BCUT2D eigenvalue weighted by Crippen LogP contribution is -2.31. The van der Waals surface area contributed by atoms with Crippen molar-refractivity contribution in [3.05, 3.63) is 71.4 Å². The van der Waals surface area contributed by atoms with Crippen molar-refractivity contribution in [2.45, 2.75) is 13.3 Å². The molecule has 6 nitrogen and oxygen atoms in total. The lowest BCUT2D eigenvalue weighted by atomic mass is 10.1. The van der Waals surface area contributed by atoms with Crippen LogP contribution in [-0.4, -0.2) is 35.8 Å². The largest absolute Gasteiger partial charge is 0.456 e. The molecule has 2 aromatic carbocycles. The Balaban J connectivity index is 1.55. The third-order valence-electron chi connectivity index (χ3n) is 4.28. The zero-order valence-electron chi connectivity index (χ0n) is 15.0. The van der Waals surface area contributed by atoms with Gasteiger partial charge in [-0.3, -0.25) is 14.4 Å². The van der Waals surface area contributed by atoms with Crippen molar-refractivity contribution in [1.29, 1.82) is 0 Å². The number of esters is 1. The Morgan fingerprint density at radius 2 is 1.81 bits per heavy atom. The van der Waals surface area contributed by atoms with E-state index in [9.17, 15) is 14.4 Å². The highest BCUT2D eigenvalue weighted by Crippen LogP contribution is 2.22. The topological polar surface area (TPSA) is 88.3 Å². The van der Waals surface area contributed by atoms with Crippen LogP contribution in [0.25, 0.3) is 10.9 Å². The van der Waals surface area contributed by atoms with E-state index in [4.69, 9.17) is 4.74 Å². The number of ether oxygens (including phenoxy) is 1. The van der Waals surface area contributed by atoms with Gasteiger partial charge in [-0.05, 0) is 24.1 Å². The first-order valence-electron chi connectivity index (χ1n) is 8.71. The van der Waals surface area contributed by atoms with Crippen LogP contribution >= 0.6 is 0 Å². The molecule has 0 atom stereocenters. The Labute approximate surface area is 156 Å². The molecule has 6 heteroatoms. The Hall–Kier alpha value is -3.41. The van der Waals surface area contributed by atoms with Crippen LogP contribution in [-0.2, 0) is 16.0 Å². The smallest absolute Gasteiger partial charge is 0.325 e. The number of para-hydroxylation sites is 1. The van der Waals surface area contributed by atoms with Gasteiger partial charge in [-0.1, -0.05) is 43.3 Å². The standard InChI is InChI=1S/C21H20N2O4/c1-2-14-9-6-10-16-17(11-22-20(14)16)18(24)13-27-19(25)12-23-21(26)15-7-4-3-5-8-15/h3-11,22H,2,12-13H2,1H3,(H,23,26). The van der Waals surface area contributed by atoms with Crippen molar-refractivity contribution in [1.82, 2.24) is 10.3 Å². The van der Waals surface area contributed by atoms with E-state index in [-0.39, 0.29) is 24.8 Å². The highest BCUT2D eigenvalue weighted by molar-refractivity contribution is 6.09. The van der Waals surface area contributed by atoms with Crippen molar-refractivity contribution >= 4 is 28.6 Å². The third kappa shape index (κ3) is 4.23. The first-order chi connectivity index (χ1) is 13.1. The number of carbonyl (C=O) groups is 3. The summed E-state index contributed by atoms with van der Waals surface area (Å²) >= 11 is 0. The van der Waals surface area contributed by atoms with Crippen molar-refractivity contribution in [3.8, 4) is 0 Å². The minimum Gasteiger partial charge on any atom is -0.456 e. The van der Waals surface area contributed by atoms with Crippen molar-refractivity contribution in [2.24, 2.45) is 0 Å². The second kappa shape index (κ2) is 8.31. The average Bonchev–Trinajstić information content (AvgIpc) is 3.15. The molecule has 0 aliphatic rings. The summed E-state index contributed by atoms with van der Waals surface area (Å²) in [4.78, 5) is 39.2. The van der Waals surface area contributed by atoms with Crippen LogP contribution in [0.1, 0.15) is 33.2 Å². The number of ketones is 1. The maximum absolute atomic E-state index is 12.4. The molecule has 1 heterocycles. The number of carbonyl (C=O) groups excluding carboxylic acids is 3. The lowest BCUT2D eigenvalue weighted by Gasteiger charge is -2.06. The number of nitrogens with one attached hydrogen (secondary N) is 2. The van der Waals surface area contributed by atoms with Crippen LogP contribution in [0, 0.1) is 0 Å². The number of fused-ring (bicyclic) bond motifs is 1. The number of Topliss-reactive ketones (excluding diaryl/α,β-unsaturated/α-hetero) is 1. The van der Waals surface area contributed by atoms with Gasteiger partial charge >= 0.3 is 5.97 Å². The molecule has 0 spiro atoms. The quantitative estimate of drug-likeness (QED) is 0.498. The Kier molecular flexibility index (Phi) is 5.66. The van der Waals surface area contributed by atoms with Gasteiger partial charge in [0, 0.05) is 28.2 Å². The van der Waals surface area contributed by atoms with E-state index in [0.717, 1.165) is 22.9 Å².